The van der Waals surface area contributed by atoms with Gasteiger partial charge in [-0.2, -0.15) is 5.10 Å². The van der Waals surface area contributed by atoms with Gasteiger partial charge in [0.25, 0.3) is 5.56 Å². The second kappa shape index (κ2) is 5.89. The SMILES string of the molecule is NCCn1nc(Cc2ccccc2)c2ccccc2c1=O. The van der Waals surface area contributed by atoms with Gasteiger partial charge in [-0.15, -0.1) is 0 Å². The summed E-state index contributed by atoms with van der Waals surface area (Å²) in [4.78, 5) is 12.4. The molecule has 0 saturated heterocycles. The third kappa shape index (κ3) is 2.71. The molecule has 0 amide bonds. The monoisotopic (exact) mass is 279 g/mol. The fourth-order valence-electron chi connectivity index (χ4n) is 2.50. The number of aromatic nitrogens is 2. The Bertz CT molecular complexity index is 809. The molecule has 21 heavy (non-hydrogen) atoms. The lowest BCUT2D eigenvalue weighted by atomic mass is 10.0. The topological polar surface area (TPSA) is 60.9 Å². The van der Waals surface area contributed by atoms with Crippen molar-refractivity contribution in [2.75, 3.05) is 6.54 Å². The highest BCUT2D eigenvalue weighted by Gasteiger charge is 2.10. The average Bonchev–Trinajstić information content (AvgIpc) is 2.53. The Morgan fingerprint density at radius 1 is 0.952 bits per heavy atom. The molecular weight excluding hydrogens is 262 g/mol. The van der Waals surface area contributed by atoms with Crippen LogP contribution in [0.25, 0.3) is 10.8 Å². The van der Waals surface area contributed by atoms with Gasteiger partial charge in [0.1, 0.15) is 0 Å². The highest BCUT2D eigenvalue weighted by atomic mass is 16.1. The zero-order valence-corrected chi connectivity index (χ0v) is 11.7. The van der Waals surface area contributed by atoms with Crippen molar-refractivity contribution in [3.05, 3.63) is 76.2 Å². The van der Waals surface area contributed by atoms with Crippen molar-refractivity contribution in [2.45, 2.75) is 13.0 Å². The number of benzene rings is 2. The van der Waals surface area contributed by atoms with Crippen molar-refractivity contribution in [3.8, 4) is 0 Å². The Balaban J connectivity index is 2.16. The zero-order chi connectivity index (χ0) is 14.7. The molecule has 3 rings (SSSR count). The highest BCUT2D eigenvalue weighted by Crippen LogP contribution is 2.16. The Hall–Kier alpha value is -2.46. The number of nitrogens with zero attached hydrogens (tertiary/aromatic N) is 2. The van der Waals surface area contributed by atoms with E-state index in [2.05, 4.69) is 17.2 Å². The first-order chi connectivity index (χ1) is 10.3. The van der Waals surface area contributed by atoms with E-state index in [1.54, 1.807) is 0 Å². The van der Waals surface area contributed by atoms with Gasteiger partial charge in [0, 0.05) is 18.4 Å². The summed E-state index contributed by atoms with van der Waals surface area (Å²) in [6.45, 7) is 0.835. The van der Waals surface area contributed by atoms with Crippen molar-refractivity contribution in [1.29, 1.82) is 0 Å². The standard InChI is InChI=1S/C17H17N3O/c18-10-11-20-17(21)15-9-5-4-8-14(15)16(19-20)12-13-6-2-1-3-7-13/h1-9H,10-12,18H2. The van der Waals surface area contributed by atoms with Crippen LogP contribution in [0.1, 0.15) is 11.3 Å². The smallest absolute Gasteiger partial charge is 0.274 e. The van der Waals surface area contributed by atoms with Crippen LogP contribution in [-0.2, 0) is 13.0 Å². The first-order valence-electron chi connectivity index (χ1n) is 7.02. The van der Waals surface area contributed by atoms with E-state index in [9.17, 15) is 4.79 Å². The van der Waals surface area contributed by atoms with Crippen LogP contribution in [0, 0.1) is 0 Å². The van der Waals surface area contributed by atoms with Gasteiger partial charge in [-0.25, -0.2) is 4.68 Å². The summed E-state index contributed by atoms with van der Waals surface area (Å²) >= 11 is 0. The summed E-state index contributed by atoms with van der Waals surface area (Å²) in [7, 11) is 0. The fraction of sp³-hybridized carbons (Fsp3) is 0.176. The lowest BCUT2D eigenvalue weighted by molar-refractivity contribution is 0.583. The Morgan fingerprint density at radius 3 is 2.33 bits per heavy atom. The van der Waals surface area contributed by atoms with Gasteiger partial charge in [-0.05, 0) is 11.6 Å². The van der Waals surface area contributed by atoms with E-state index in [0.717, 1.165) is 11.1 Å². The molecule has 1 heterocycles. The first-order valence-corrected chi connectivity index (χ1v) is 7.02. The number of nitrogens with two attached hydrogens (primary N) is 1. The van der Waals surface area contributed by atoms with Crippen molar-refractivity contribution >= 4 is 10.8 Å². The number of hydrogen-bond acceptors (Lipinski definition) is 3. The zero-order valence-electron chi connectivity index (χ0n) is 11.7. The van der Waals surface area contributed by atoms with Crippen LogP contribution in [0.2, 0.25) is 0 Å². The number of fused-ring (bicyclic) bond motifs is 1. The third-order valence-electron chi connectivity index (χ3n) is 3.50. The summed E-state index contributed by atoms with van der Waals surface area (Å²) < 4.78 is 1.47. The first kappa shape index (κ1) is 13.5. The van der Waals surface area contributed by atoms with Gasteiger partial charge >= 0.3 is 0 Å². The van der Waals surface area contributed by atoms with Gasteiger partial charge in [-0.1, -0.05) is 48.5 Å². The molecule has 0 unspecified atom stereocenters. The molecule has 4 nitrogen and oxygen atoms in total. The van der Waals surface area contributed by atoms with Crippen LogP contribution in [0.4, 0.5) is 0 Å². The molecule has 0 aliphatic rings. The molecule has 0 fully saturated rings. The molecule has 1 aromatic heterocycles. The largest absolute Gasteiger partial charge is 0.329 e. The van der Waals surface area contributed by atoms with E-state index >= 15 is 0 Å². The molecule has 0 spiro atoms. The normalized spacial score (nSPS) is 10.9. The van der Waals surface area contributed by atoms with Crippen molar-refractivity contribution in [3.63, 3.8) is 0 Å². The molecule has 2 aromatic carbocycles. The van der Waals surface area contributed by atoms with Gasteiger partial charge < -0.3 is 5.73 Å². The van der Waals surface area contributed by atoms with Crippen LogP contribution >= 0.6 is 0 Å². The Kier molecular flexibility index (Phi) is 3.79. The molecule has 0 aliphatic carbocycles. The molecule has 0 saturated carbocycles. The second-order valence-electron chi connectivity index (χ2n) is 4.97. The molecular formula is C17H17N3O. The van der Waals surface area contributed by atoms with Crippen molar-refractivity contribution in [1.82, 2.24) is 9.78 Å². The summed E-state index contributed by atoms with van der Waals surface area (Å²) in [6, 6.07) is 17.7. The number of rotatable bonds is 4. The van der Waals surface area contributed by atoms with E-state index in [4.69, 9.17) is 5.73 Å². The van der Waals surface area contributed by atoms with Crippen LogP contribution in [0.5, 0.6) is 0 Å². The predicted molar refractivity (Wildman–Crippen MR) is 84.3 cm³/mol. The quantitative estimate of drug-likeness (QED) is 0.794. The highest BCUT2D eigenvalue weighted by molar-refractivity contribution is 5.83. The molecule has 2 N–H and O–H groups in total. The maximum atomic E-state index is 12.4. The molecule has 0 atom stereocenters. The van der Waals surface area contributed by atoms with Crippen molar-refractivity contribution < 1.29 is 0 Å². The second-order valence-corrected chi connectivity index (χ2v) is 4.97. The molecule has 0 bridgehead atoms. The third-order valence-corrected chi connectivity index (χ3v) is 3.50. The van der Waals surface area contributed by atoms with Crippen LogP contribution in [0.15, 0.2) is 59.4 Å². The maximum absolute atomic E-state index is 12.4. The van der Waals surface area contributed by atoms with Crippen LogP contribution in [-0.4, -0.2) is 16.3 Å². The van der Waals surface area contributed by atoms with Crippen molar-refractivity contribution in [2.24, 2.45) is 5.73 Å². The minimum Gasteiger partial charge on any atom is -0.329 e. The van der Waals surface area contributed by atoms with E-state index in [1.807, 2.05) is 42.5 Å². The van der Waals surface area contributed by atoms with Crippen LogP contribution in [0.3, 0.4) is 0 Å². The van der Waals surface area contributed by atoms with E-state index in [-0.39, 0.29) is 5.56 Å². The van der Waals surface area contributed by atoms with Gasteiger partial charge in [0.05, 0.1) is 17.6 Å². The Morgan fingerprint density at radius 2 is 1.62 bits per heavy atom. The average molecular weight is 279 g/mol. The molecule has 3 aromatic rings. The summed E-state index contributed by atoms with van der Waals surface area (Å²) in [5, 5.41) is 6.13. The van der Waals surface area contributed by atoms with E-state index in [0.29, 0.717) is 24.9 Å². The minimum atomic E-state index is -0.0761. The molecule has 4 heteroatoms. The summed E-state index contributed by atoms with van der Waals surface area (Å²) in [6.07, 6.45) is 0.701. The van der Waals surface area contributed by atoms with Gasteiger partial charge in [-0.3, -0.25) is 4.79 Å². The van der Waals surface area contributed by atoms with Crippen LogP contribution < -0.4 is 11.3 Å². The lowest BCUT2D eigenvalue weighted by Gasteiger charge is -2.10. The molecule has 0 radical (unpaired) electrons. The van der Waals surface area contributed by atoms with Gasteiger partial charge in [0.2, 0.25) is 0 Å². The lowest BCUT2D eigenvalue weighted by Crippen LogP contribution is -2.27. The minimum absolute atomic E-state index is 0.0761. The Labute approximate surface area is 122 Å². The van der Waals surface area contributed by atoms with E-state index < -0.39 is 0 Å². The van der Waals surface area contributed by atoms with E-state index in [1.165, 1.54) is 10.2 Å². The summed E-state index contributed by atoms with van der Waals surface area (Å²) in [5.74, 6) is 0. The molecule has 0 aliphatic heterocycles. The maximum Gasteiger partial charge on any atom is 0.274 e. The van der Waals surface area contributed by atoms with Gasteiger partial charge in [0.15, 0.2) is 0 Å². The fourth-order valence-corrected chi connectivity index (χ4v) is 2.50. The molecule has 106 valence electrons. The summed E-state index contributed by atoms with van der Waals surface area (Å²) in [5.41, 5.74) is 7.58. The predicted octanol–water partition coefficient (Wildman–Crippen LogP) is 1.95. The number of hydrogen-bond donors (Lipinski definition) is 1.